The van der Waals surface area contributed by atoms with Crippen molar-refractivity contribution in [3.63, 3.8) is 0 Å². The summed E-state index contributed by atoms with van der Waals surface area (Å²) in [5, 5.41) is 0. The zero-order valence-corrected chi connectivity index (χ0v) is 9.40. The van der Waals surface area contributed by atoms with E-state index in [0.29, 0.717) is 24.9 Å². The topological polar surface area (TPSA) is 37.4 Å². The number of nitrogens with zero attached hydrogens (tertiary/aromatic N) is 1. The summed E-state index contributed by atoms with van der Waals surface area (Å²) < 4.78 is 0. The number of anilines is 1. The first-order valence-electron chi connectivity index (χ1n) is 5.66. The molecule has 84 valence electrons. The summed E-state index contributed by atoms with van der Waals surface area (Å²) in [6.07, 6.45) is 1.82. The maximum atomic E-state index is 11.9. The van der Waals surface area contributed by atoms with Crippen molar-refractivity contribution in [2.45, 2.75) is 26.2 Å². The highest BCUT2D eigenvalue weighted by Gasteiger charge is 2.25. The molecule has 3 heteroatoms. The quantitative estimate of drug-likeness (QED) is 0.762. The summed E-state index contributed by atoms with van der Waals surface area (Å²) in [5.41, 5.74) is 1.45. The highest BCUT2D eigenvalue weighted by molar-refractivity contribution is 6.08. The number of hydrogen-bond acceptors (Lipinski definition) is 2. The number of benzene rings is 1. The first-order valence-corrected chi connectivity index (χ1v) is 5.66. The van der Waals surface area contributed by atoms with Gasteiger partial charge in [-0.15, -0.1) is 0 Å². The summed E-state index contributed by atoms with van der Waals surface area (Å²) in [6, 6.07) is 7.34. The Kier molecular flexibility index (Phi) is 3.04. The Morgan fingerprint density at radius 1 is 1.38 bits per heavy atom. The summed E-state index contributed by atoms with van der Waals surface area (Å²) in [7, 11) is 0. The van der Waals surface area contributed by atoms with Gasteiger partial charge in [0.2, 0.25) is 5.91 Å². The molecule has 0 saturated heterocycles. The van der Waals surface area contributed by atoms with Crippen LogP contribution in [0.3, 0.4) is 0 Å². The Bertz CT molecular complexity index is 426. The number of rotatable bonds is 2. The molecule has 1 aliphatic rings. The van der Waals surface area contributed by atoms with Crippen LogP contribution in [-0.2, 0) is 4.79 Å². The van der Waals surface area contributed by atoms with Gasteiger partial charge in [-0.1, -0.05) is 19.1 Å². The van der Waals surface area contributed by atoms with E-state index in [9.17, 15) is 9.59 Å². The van der Waals surface area contributed by atoms with Crippen molar-refractivity contribution in [2.24, 2.45) is 0 Å². The number of fused-ring (bicyclic) bond motifs is 1. The van der Waals surface area contributed by atoms with E-state index in [1.807, 2.05) is 25.1 Å². The standard InChI is InChI=1S/C13H15NO2/c1-2-5-13(16)14-9-8-12(15)10-6-3-4-7-11(10)14/h3-4,6-7H,2,5,8-9H2,1H3. The molecule has 2 rings (SSSR count). The van der Waals surface area contributed by atoms with Crippen LogP contribution in [0.4, 0.5) is 5.69 Å². The number of ketones is 1. The zero-order chi connectivity index (χ0) is 11.5. The lowest BCUT2D eigenvalue weighted by atomic mass is 10.00. The molecule has 0 spiro atoms. The van der Waals surface area contributed by atoms with Gasteiger partial charge in [-0.3, -0.25) is 9.59 Å². The molecule has 0 unspecified atom stereocenters. The molecule has 0 bridgehead atoms. The number of para-hydroxylation sites is 1. The molecule has 0 radical (unpaired) electrons. The smallest absolute Gasteiger partial charge is 0.226 e. The zero-order valence-electron chi connectivity index (χ0n) is 9.40. The van der Waals surface area contributed by atoms with E-state index >= 15 is 0 Å². The van der Waals surface area contributed by atoms with E-state index in [0.717, 1.165) is 12.1 Å². The van der Waals surface area contributed by atoms with Crippen LogP contribution in [0.5, 0.6) is 0 Å². The third kappa shape index (κ3) is 1.85. The van der Waals surface area contributed by atoms with Crippen molar-refractivity contribution >= 4 is 17.4 Å². The Morgan fingerprint density at radius 2 is 2.12 bits per heavy atom. The molecule has 0 aromatic heterocycles. The summed E-state index contributed by atoms with van der Waals surface area (Å²) in [6.45, 7) is 2.51. The lowest BCUT2D eigenvalue weighted by Gasteiger charge is -2.28. The number of carbonyl (C=O) groups is 2. The van der Waals surface area contributed by atoms with Crippen LogP contribution in [0.25, 0.3) is 0 Å². The SMILES string of the molecule is CCCC(=O)N1CCC(=O)c2ccccc21. The minimum absolute atomic E-state index is 0.113. The van der Waals surface area contributed by atoms with Gasteiger partial charge in [-0.2, -0.15) is 0 Å². The molecule has 16 heavy (non-hydrogen) atoms. The largest absolute Gasteiger partial charge is 0.311 e. The van der Waals surface area contributed by atoms with Crippen LogP contribution in [0.15, 0.2) is 24.3 Å². The van der Waals surface area contributed by atoms with Gasteiger partial charge in [0.25, 0.3) is 0 Å². The normalized spacial score (nSPS) is 14.8. The summed E-state index contributed by atoms with van der Waals surface area (Å²) in [4.78, 5) is 25.3. The molecule has 1 heterocycles. The fraction of sp³-hybridized carbons (Fsp3) is 0.385. The summed E-state index contributed by atoms with van der Waals surface area (Å²) in [5.74, 6) is 0.249. The minimum atomic E-state index is 0.113. The Hall–Kier alpha value is -1.64. The van der Waals surface area contributed by atoms with E-state index in [1.54, 1.807) is 11.0 Å². The third-order valence-corrected chi connectivity index (χ3v) is 2.82. The van der Waals surface area contributed by atoms with Crippen LogP contribution in [-0.4, -0.2) is 18.2 Å². The molecule has 0 N–H and O–H groups in total. The van der Waals surface area contributed by atoms with Crippen LogP contribution in [0, 0.1) is 0 Å². The van der Waals surface area contributed by atoms with E-state index < -0.39 is 0 Å². The molecule has 0 fully saturated rings. The number of hydrogen-bond donors (Lipinski definition) is 0. The highest BCUT2D eigenvalue weighted by Crippen LogP contribution is 2.27. The molecular weight excluding hydrogens is 202 g/mol. The van der Waals surface area contributed by atoms with Crippen molar-refractivity contribution < 1.29 is 9.59 Å². The van der Waals surface area contributed by atoms with Crippen LogP contribution >= 0.6 is 0 Å². The van der Waals surface area contributed by atoms with Gasteiger partial charge >= 0.3 is 0 Å². The van der Waals surface area contributed by atoms with Crippen molar-refractivity contribution in [3.8, 4) is 0 Å². The summed E-state index contributed by atoms with van der Waals surface area (Å²) >= 11 is 0. The molecular formula is C13H15NO2. The van der Waals surface area contributed by atoms with Crippen molar-refractivity contribution in [1.29, 1.82) is 0 Å². The van der Waals surface area contributed by atoms with E-state index in [2.05, 4.69) is 0 Å². The van der Waals surface area contributed by atoms with E-state index in [1.165, 1.54) is 0 Å². The van der Waals surface area contributed by atoms with Crippen molar-refractivity contribution in [3.05, 3.63) is 29.8 Å². The van der Waals surface area contributed by atoms with Crippen molar-refractivity contribution in [1.82, 2.24) is 0 Å². The highest BCUT2D eigenvalue weighted by atomic mass is 16.2. The van der Waals surface area contributed by atoms with E-state index in [-0.39, 0.29) is 11.7 Å². The van der Waals surface area contributed by atoms with Gasteiger partial charge in [-0.05, 0) is 18.6 Å². The van der Waals surface area contributed by atoms with Gasteiger partial charge < -0.3 is 4.90 Å². The Labute approximate surface area is 95.1 Å². The van der Waals surface area contributed by atoms with Gasteiger partial charge in [0, 0.05) is 24.9 Å². The first kappa shape index (κ1) is 10.9. The predicted octanol–water partition coefficient (Wildman–Crippen LogP) is 2.41. The van der Waals surface area contributed by atoms with Gasteiger partial charge in [0.1, 0.15) is 0 Å². The van der Waals surface area contributed by atoms with E-state index in [4.69, 9.17) is 0 Å². The van der Waals surface area contributed by atoms with Crippen LogP contribution in [0.1, 0.15) is 36.5 Å². The van der Waals surface area contributed by atoms with Gasteiger partial charge in [-0.25, -0.2) is 0 Å². The second-order valence-corrected chi connectivity index (χ2v) is 3.99. The molecule has 1 aliphatic heterocycles. The minimum Gasteiger partial charge on any atom is -0.311 e. The van der Waals surface area contributed by atoms with Crippen LogP contribution < -0.4 is 4.90 Å². The number of Topliss-reactive ketones (excluding diaryl/α,β-unsaturated/α-hetero) is 1. The lowest BCUT2D eigenvalue weighted by Crippen LogP contribution is -2.37. The molecule has 0 atom stereocenters. The molecule has 0 aliphatic carbocycles. The molecule has 3 nitrogen and oxygen atoms in total. The fourth-order valence-electron chi connectivity index (χ4n) is 2.02. The Balaban J connectivity index is 2.34. The molecule has 1 aromatic carbocycles. The first-order chi connectivity index (χ1) is 7.74. The van der Waals surface area contributed by atoms with Gasteiger partial charge in [0.05, 0.1) is 5.69 Å². The number of carbonyl (C=O) groups excluding carboxylic acids is 2. The second-order valence-electron chi connectivity index (χ2n) is 3.99. The fourth-order valence-corrected chi connectivity index (χ4v) is 2.02. The average Bonchev–Trinajstić information content (AvgIpc) is 2.30. The maximum Gasteiger partial charge on any atom is 0.226 e. The number of amides is 1. The predicted molar refractivity (Wildman–Crippen MR) is 62.7 cm³/mol. The molecule has 1 aromatic rings. The average molecular weight is 217 g/mol. The molecule has 1 amide bonds. The Morgan fingerprint density at radius 3 is 2.88 bits per heavy atom. The third-order valence-electron chi connectivity index (χ3n) is 2.82. The van der Waals surface area contributed by atoms with Gasteiger partial charge in [0.15, 0.2) is 5.78 Å². The molecule has 0 saturated carbocycles. The lowest BCUT2D eigenvalue weighted by molar-refractivity contribution is -0.118. The van der Waals surface area contributed by atoms with Crippen molar-refractivity contribution in [2.75, 3.05) is 11.4 Å². The van der Waals surface area contributed by atoms with Crippen LogP contribution in [0.2, 0.25) is 0 Å². The second kappa shape index (κ2) is 4.47. The maximum absolute atomic E-state index is 11.9. The monoisotopic (exact) mass is 217 g/mol.